The monoisotopic (exact) mass is 454 g/mol. The summed E-state index contributed by atoms with van der Waals surface area (Å²) < 4.78 is 20.4. The van der Waals surface area contributed by atoms with Crippen LogP contribution in [-0.2, 0) is 9.59 Å². The Labute approximate surface area is 189 Å². The van der Waals surface area contributed by atoms with Crippen LogP contribution in [0.25, 0.3) is 11.4 Å². The third kappa shape index (κ3) is 4.22. The molecule has 0 bridgehead atoms. The number of amides is 2. The van der Waals surface area contributed by atoms with Crippen molar-refractivity contribution in [1.29, 1.82) is 0 Å². The maximum absolute atomic E-state index is 12.8. The van der Waals surface area contributed by atoms with Gasteiger partial charge in [-0.25, -0.2) is 0 Å². The van der Waals surface area contributed by atoms with E-state index in [0.717, 1.165) is 17.1 Å². The summed E-state index contributed by atoms with van der Waals surface area (Å²) >= 11 is 1.10. The number of aromatic nitrogens is 2. The van der Waals surface area contributed by atoms with Gasteiger partial charge in [-0.3, -0.25) is 9.59 Å². The highest BCUT2D eigenvalue weighted by molar-refractivity contribution is 7.10. The van der Waals surface area contributed by atoms with Gasteiger partial charge in [0.1, 0.15) is 0 Å². The van der Waals surface area contributed by atoms with Crippen LogP contribution in [0.1, 0.15) is 6.42 Å². The largest absolute Gasteiger partial charge is 0.493 e. The molecule has 9 nitrogen and oxygen atoms in total. The second-order valence-electron chi connectivity index (χ2n) is 7.07. The number of carbonyl (C=O) groups is 2. The zero-order chi connectivity index (χ0) is 22.7. The number of carbonyl (C=O) groups excluding carboxylic acids is 2. The number of nitrogens with one attached hydrogen (secondary N) is 1. The van der Waals surface area contributed by atoms with Crippen molar-refractivity contribution in [2.45, 2.75) is 6.42 Å². The molecule has 1 aliphatic rings. The minimum absolute atomic E-state index is 0.0901. The smallest absolute Gasteiger partial charge is 0.231 e. The van der Waals surface area contributed by atoms with Crippen molar-refractivity contribution < 1.29 is 23.8 Å². The highest BCUT2D eigenvalue weighted by Crippen LogP contribution is 2.42. The summed E-state index contributed by atoms with van der Waals surface area (Å²) in [5.41, 5.74) is 1.44. The molecule has 1 fully saturated rings. The molecule has 1 aliphatic heterocycles. The van der Waals surface area contributed by atoms with Gasteiger partial charge < -0.3 is 24.4 Å². The Hall–Kier alpha value is -3.66. The Bertz CT molecular complexity index is 1110. The standard InChI is InChI=1S/C22H22N4O5S/c1-29-16-10-15(11-17(30-2)19(16)31-3)26-12-14(9-18(26)27)21(28)24-22-23-20(25-32-22)13-7-5-4-6-8-13/h4-8,10-11,14H,9,12H2,1-3H3,(H,23,24,25,28). The zero-order valence-electron chi connectivity index (χ0n) is 17.8. The van der Waals surface area contributed by atoms with E-state index < -0.39 is 5.92 Å². The quantitative estimate of drug-likeness (QED) is 0.585. The summed E-state index contributed by atoms with van der Waals surface area (Å²) in [6.07, 6.45) is 0.0901. The molecule has 1 saturated heterocycles. The Balaban J connectivity index is 1.48. The summed E-state index contributed by atoms with van der Waals surface area (Å²) in [5, 5.41) is 3.18. The topological polar surface area (TPSA) is 103 Å². The first-order valence-electron chi connectivity index (χ1n) is 9.84. The van der Waals surface area contributed by atoms with Crippen molar-refractivity contribution in [2.75, 3.05) is 38.1 Å². The fourth-order valence-electron chi connectivity index (χ4n) is 3.54. The Morgan fingerprint density at radius 3 is 2.41 bits per heavy atom. The predicted octanol–water partition coefficient (Wildman–Crippen LogP) is 3.22. The lowest BCUT2D eigenvalue weighted by Gasteiger charge is -2.20. The molecule has 0 saturated carbocycles. The Morgan fingerprint density at radius 2 is 1.78 bits per heavy atom. The van der Waals surface area contributed by atoms with Gasteiger partial charge in [0.2, 0.25) is 22.7 Å². The van der Waals surface area contributed by atoms with Crippen LogP contribution in [0.15, 0.2) is 42.5 Å². The molecule has 2 aromatic carbocycles. The average Bonchev–Trinajstić information content (AvgIpc) is 3.45. The summed E-state index contributed by atoms with van der Waals surface area (Å²) in [7, 11) is 4.53. The molecule has 1 aromatic heterocycles. The molecule has 10 heteroatoms. The molecular weight excluding hydrogens is 432 g/mol. The van der Waals surface area contributed by atoms with Crippen molar-refractivity contribution in [3.8, 4) is 28.6 Å². The molecule has 32 heavy (non-hydrogen) atoms. The number of hydrogen-bond donors (Lipinski definition) is 1. The summed E-state index contributed by atoms with van der Waals surface area (Å²) in [6.45, 7) is 0.230. The average molecular weight is 455 g/mol. The second kappa shape index (κ2) is 9.23. The SMILES string of the molecule is COc1cc(N2CC(C(=O)Nc3nc(-c4ccccc4)ns3)CC2=O)cc(OC)c1OC. The third-order valence-electron chi connectivity index (χ3n) is 5.15. The van der Waals surface area contributed by atoms with Gasteiger partial charge in [0.25, 0.3) is 0 Å². The lowest BCUT2D eigenvalue weighted by Crippen LogP contribution is -2.28. The van der Waals surface area contributed by atoms with Crippen molar-refractivity contribution in [3.63, 3.8) is 0 Å². The van der Waals surface area contributed by atoms with Gasteiger partial charge in [-0.2, -0.15) is 9.36 Å². The summed E-state index contributed by atoms with van der Waals surface area (Å²) in [5.74, 6) is 0.892. The van der Waals surface area contributed by atoms with Gasteiger partial charge in [-0.1, -0.05) is 30.3 Å². The van der Waals surface area contributed by atoms with E-state index in [1.165, 1.54) is 21.3 Å². The van der Waals surface area contributed by atoms with Crippen LogP contribution in [0.2, 0.25) is 0 Å². The maximum atomic E-state index is 12.8. The molecule has 0 spiro atoms. The first kappa shape index (κ1) is 21.6. The molecule has 1 atom stereocenters. The first-order valence-corrected chi connectivity index (χ1v) is 10.6. The van der Waals surface area contributed by atoms with Gasteiger partial charge in [0.05, 0.1) is 32.9 Å². The molecule has 4 rings (SSSR count). The van der Waals surface area contributed by atoms with Gasteiger partial charge in [0.15, 0.2) is 17.3 Å². The Morgan fingerprint density at radius 1 is 1.09 bits per heavy atom. The van der Waals surface area contributed by atoms with E-state index in [9.17, 15) is 9.59 Å². The normalized spacial score (nSPS) is 15.5. The Kier molecular flexibility index (Phi) is 6.22. The van der Waals surface area contributed by atoms with Crippen LogP contribution in [0.5, 0.6) is 17.2 Å². The van der Waals surface area contributed by atoms with Crippen LogP contribution in [-0.4, -0.2) is 49.0 Å². The van der Waals surface area contributed by atoms with E-state index in [2.05, 4.69) is 14.7 Å². The van der Waals surface area contributed by atoms with E-state index in [1.807, 2.05) is 30.3 Å². The molecule has 3 aromatic rings. The van der Waals surface area contributed by atoms with Crippen LogP contribution in [0.4, 0.5) is 10.8 Å². The molecule has 1 N–H and O–H groups in total. The lowest BCUT2D eigenvalue weighted by molar-refractivity contribution is -0.122. The lowest BCUT2D eigenvalue weighted by atomic mass is 10.1. The van der Waals surface area contributed by atoms with Gasteiger partial charge >= 0.3 is 0 Å². The first-order chi connectivity index (χ1) is 15.5. The van der Waals surface area contributed by atoms with Crippen molar-refractivity contribution in [2.24, 2.45) is 5.92 Å². The van der Waals surface area contributed by atoms with E-state index in [-0.39, 0.29) is 24.8 Å². The fraction of sp³-hybridized carbons (Fsp3) is 0.273. The van der Waals surface area contributed by atoms with Gasteiger partial charge in [-0.15, -0.1) is 0 Å². The van der Waals surface area contributed by atoms with Crippen LogP contribution >= 0.6 is 11.5 Å². The van der Waals surface area contributed by atoms with Crippen molar-refractivity contribution >= 4 is 34.2 Å². The predicted molar refractivity (Wildman–Crippen MR) is 121 cm³/mol. The number of methoxy groups -OCH3 is 3. The molecule has 2 heterocycles. The number of rotatable bonds is 7. The highest BCUT2D eigenvalue weighted by Gasteiger charge is 2.36. The second-order valence-corrected chi connectivity index (χ2v) is 7.82. The van der Waals surface area contributed by atoms with E-state index in [0.29, 0.717) is 33.9 Å². The highest BCUT2D eigenvalue weighted by atomic mass is 32.1. The van der Waals surface area contributed by atoms with Gasteiger partial charge in [0, 0.05) is 42.2 Å². The summed E-state index contributed by atoms with van der Waals surface area (Å²) in [6, 6.07) is 12.9. The van der Waals surface area contributed by atoms with Gasteiger partial charge in [-0.05, 0) is 0 Å². The minimum atomic E-state index is -0.523. The van der Waals surface area contributed by atoms with E-state index >= 15 is 0 Å². The molecule has 2 amide bonds. The summed E-state index contributed by atoms with van der Waals surface area (Å²) in [4.78, 5) is 31.4. The van der Waals surface area contributed by atoms with E-state index in [4.69, 9.17) is 14.2 Å². The molecule has 0 radical (unpaired) electrons. The number of anilines is 2. The third-order valence-corrected chi connectivity index (χ3v) is 5.78. The number of ether oxygens (including phenoxy) is 3. The molecule has 166 valence electrons. The minimum Gasteiger partial charge on any atom is -0.493 e. The molecular formula is C22H22N4O5S. The zero-order valence-corrected chi connectivity index (χ0v) is 18.6. The maximum Gasteiger partial charge on any atom is 0.231 e. The van der Waals surface area contributed by atoms with Crippen molar-refractivity contribution in [3.05, 3.63) is 42.5 Å². The molecule has 0 aliphatic carbocycles. The molecule has 1 unspecified atom stereocenters. The van der Waals surface area contributed by atoms with E-state index in [1.54, 1.807) is 17.0 Å². The van der Waals surface area contributed by atoms with Crippen LogP contribution in [0, 0.1) is 5.92 Å². The number of nitrogens with zero attached hydrogens (tertiary/aromatic N) is 3. The van der Waals surface area contributed by atoms with Crippen LogP contribution in [0.3, 0.4) is 0 Å². The number of benzene rings is 2. The fourth-order valence-corrected chi connectivity index (χ4v) is 4.13. The number of hydrogen-bond acceptors (Lipinski definition) is 8. The van der Waals surface area contributed by atoms with Crippen molar-refractivity contribution in [1.82, 2.24) is 9.36 Å². The van der Waals surface area contributed by atoms with Crippen LogP contribution < -0.4 is 24.4 Å².